The lowest BCUT2D eigenvalue weighted by Crippen LogP contribution is -1.90. The first-order valence-corrected chi connectivity index (χ1v) is 5.37. The molecule has 0 aliphatic heterocycles. The van der Waals surface area contributed by atoms with Crippen LogP contribution in [0, 0.1) is 0 Å². The van der Waals surface area contributed by atoms with Crippen LogP contribution >= 0.6 is 0 Å². The van der Waals surface area contributed by atoms with Crippen LogP contribution < -0.4 is 5.73 Å². The number of rotatable bonds is 1. The zero-order valence-corrected chi connectivity index (χ0v) is 9.46. The van der Waals surface area contributed by atoms with E-state index < -0.39 is 0 Å². The fourth-order valence-electron chi connectivity index (χ4n) is 2.00. The number of fused-ring (bicyclic) bond motifs is 1. The fraction of sp³-hybridized carbons (Fsp3) is 0.0769. The highest BCUT2D eigenvalue weighted by molar-refractivity contribution is 5.97. The molecule has 0 saturated heterocycles. The van der Waals surface area contributed by atoms with Gasteiger partial charge in [-0.25, -0.2) is 4.98 Å². The predicted molar refractivity (Wildman–Crippen MR) is 68.4 cm³/mol. The standard InChI is InChI=1S/C13H12N4/c1-17-8-10(7-16-17)11-4-2-3-9-6-15-13(14)5-12(9)11/h2-8H,1H3,(H2,14,15). The molecular formula is C13H12N4. The lowest BCUT2D eigenvalue weighted by atomic mass is 10.0. The monoisotopic (exact) mass is 224 g/mol. The van der Waals surface area contributed by atoms with Crippen molar-refractivity contribution in [3.8, 4) is 11.1 Å². The summed E-state index contributed by atoms with van der Waals surface area (Å²) in [5, 5.41) is 6.38. The molecule has 3 rings (SSSR count). The number of aromatic nitrogens is 3. The van der Waals surface area contributed by atoms with Crippen LogP contribution in [0.1, 0.15) is 0 Å². The molecule has 0 unspecified atom stereocenters. The number of nitrogens with zero attached hydrogens (tertiary/aromatic N) is 3. The van der Waals surface area contributed by atoms with Crippen molar-refractivity contribution in [1.82, 2.24) is 14.8 Å². The van der Waals surface area contributed by atoms with Crippen molar-refractivity contribution in [3.05, 3.63) is 42.9 Å². The molecule has 3 aromatic rings. The molecular weight excluding hydrogens is 212 g/mol. The van der Waals surface area contributed by atoms with Crippen molar-refractivity contribution in [2.45, 2.75) is 0 Å². The summed E-state index contributed by atoms with van der Waals surface area (Å²) in [5.74, 6) is 0.536. The number of anilines is 1. The summed E-state index contributed by atoms with van der Waals surface area (Å²) in [6.45, 7) is 0. The highest BCUT2D eigenvalue weighted by Gasteiger charge is 2.06. The number of hydrogen-bond acceptors (Lipinski definition) is 3. The smallest absolute Gasteiger partial charge is 0.123 e. The molecule has 0 saturated carbocycles. The normalized spacial score (nSPS) is 10.9. The first-order chi connectivity index (χ1) is 8.24. The third kappa shape index (κ3) is 1.63. The third-order valence-electron chi connectivity index (χ3n) is 2.80. The Kier molecular flexibility index (Phi) is 2.08. The molecule has 17 heavy (non-hydrogen) atoms. The van der Waals surface area contributed by atoms with E-state index in [0.29, 0.717) is 5.82 Å². The Bertz CT molecular complexity index is 685. The van der Waals surface area contributed by atoms with Crippen LogP contribution in [0.5, 0.6) is 0 Å². The lowest BCUT2D eigenvalue weighted by molar-refractivity contribution is 0.768. The summed E-state index contributed by atoms with van der Waals surface area (Å²) < 4.78 is 1.79. The largest absolute Gasteiger partial charge is 0.384 e. The van der Waals surface area contributed by atoms with Gasteiger partial charge in [-0.3, -0.25) is 4.68 Å². The quantitative estimate of drug-likeness (QED) is 0.689. The molecule has 0 bridgehead atoms. The van der Waals surface area contributed by atoms with Gasteiger partial charge >= 0.3 is 0 Å². The van der Waals surface area contributed by atoms with E-state index >= 15 is 0 Å². The van der Waals surface area contributed by atoms with Gasteiger partial charge in [0.15, 0.2) is 0 Å². The van der Waals surface area contributed by atoms with E-state index in [2.05, 4.69) is 16.1 Å². The molecule has 0 fully saturated rings. The second kappa shape index (κ2) is 3.59. The molecule has 0 atom stereocenters. The van der Waals surface area contributed by atoms with Crippen LogP contribution in [0.25, 0.3) is 21.9 Å². The van der Waals surface area contributed by atoms with Gasteiger partial charge in [-0.15, -0.1) is 0 Å². The van der Waals surface area contributed by atoms with Gasteiger partial charge in [0.2, 0.25) is 0 Å². The van der Waals surface area contributed by atoms with Gasteiger partial charge in [0.1, 0.15) is 5.82 Å². The number of aryl methyl sites for hydroxylation is 1. The molecule has 2 heterocycles. The van der Waals surface area contributed by atoms with Crippen molar-refractivity contribution in [3.63, 3.8) is 0 Å². The maximum Gasteiger partial charge on any atom is 0.123 e. The Morgan fingerprint density at radius 3 is 2.88 bits per heavy atom. The SMILES string of the molecule is Cn1cc(-c2cccc3cnc(N)cc23)cn1. The fourth-order valence-corrected chi connectivity index (χ4v) is 2.00. The highest BCUT2D eigenvalue weighted by atomic mass is 15.2. The maximum atomic E-state index is 5.74. The van der Waals surface area contributed by atoms with Crippen molar-refractivity contribution in [1.29, 1.82) is 0 Å². The second-order valence-corrected chi connectivity index (χ2v) is 4.04. The number of hydrogen-bond donors (Lipinski definition) is 1. The molecule has 0 aliphatic rings. The molecule has 0 amide bonds. The average Bonchev–Trinajstić information content (AvgIpc) is 2.75. The summed E-state index contributed by atoms with van der Waals surface area (Å²) in [6.07, 6.45) is 5.64. The molecule has 0 aliphatic carbocycles. The van der Waals surface area contributed by atoms with E-state index in [1.807, 2.05) is 37.6 Å². The maximum absolute atomic E-state index is 5.74. The molecule has 4 heteroatoms. The second-order valence-electron chi connectivity index (χ2n) is 4.04. The topological polar surface area (TPSA) is 56.7 Å². The Morgan fingerprint density at radius 1 is 1.24 bits per heavy atom. The molecule has 0 radical (unpaired) electrons. The van der Waals surface area contributed by atoms with Crippen molar-refractivity contribution in [2.75, 3.05) is 5.73 Å². The van der Waals surface area contributed by atoms with Gasteiger partial charge in [0, 0.05) is 30.4 Å². The zero-order chi connectivity index (χ0) is 11.8. The Labute approximate surface area is 98.7 Å². The summed E-state index contributed by atoms with van der Waals surface area (Å²) >= 11 is 0. The van der Waals surface area contributed by atoms with Crippen LogP contribution in [-0.2, 0) is 7.05 Å². The van der Waals surface area contributed by atoms with E-state index in [9.17, 15) is 0 Å². The van der Waals surface area contributed by atoms with Crippen LogP contribution in [0.4, 0.5) is 5.82 Å². The van der Waals surface area contributed by atoms with E-state index in [0.717, 1.165) is 21.9 Å². The highest BCUT2D eigenvalue weighted by Crippen LogP contribution is 2.28. The lowest BCUT2D eigenvalue weighted by Gasteiger charge is -2.04. The van der Waals surface area contributed by atoms with Crippen LogP contribution in [0.15, 0.2) is 42.9 Å². The van der Waals surface area contributed by atoms with Crippen LogP contribution in [0.3, 0.4) is 0 Å². The molecule has 2 N–H and O–H groups in total. The van der Waals surface area contributed by atoms with E-state index in [-0.39, 0.29) is 0 Å². The Hall–Kier alpha value is -2.36. The van der Waals surface area contributed by atoms with Crippen molar-refractivity contribution < 1.29 is 0 Å². The van der Waals surface area contributed by atoms with E-state index in [1.165, 1.54) is 0 Å². The van der Waals surface area contributed by atoms with Gasteiger partial charge < -0.3 is 5.73 Å². The van der Waals surface area contributed by atoms with Gasteiger partial charge in [0.25, 0.3) is 0 Å². The van der Waals surface area contributed by atoms with Crippen LogP contribution in [-0.4, -0.2) is 14.8 Å². The molecule has 0 spiro atoms. The summed E-state index contributed by atoms with van der Waals surface area (Å²) in [6, 6.07) is 8.01. The predicted octanol–water partition coefficient (Wildman–Crippen LogP) is 2.22. The summed E-state index contributed by atoms with van der Waals surface area (Å²) in [7, 11) is 1.91. The molecule has 84 valence electrons. The van der Waals surface area contributed by atoms with E-state index in [4.69, 9.17) is 5.73 Å². The number of nitrogens with two attached hydrogens (primary N) is 1. The van der Waals surface area contributed by atoms with Gasteiger partial charge in [-0.1, -0.05) is 18.2 Å². The summed E-state index contributed by atoms with van der Waals surface area (Å²) in [5.41, 5.74) is 7.96. The van der Waals surface area contributed by atoms with Crippen molar-refractivity contribution >= 4 is 16.6 Å². The first-order valence-electron chi connectivity index (χ1n) is 5.37. The minimum absolute atomic E-state index is 0.536. The Morgan fingerprint density at radius 2 is 2.12 bits per heavy atom. The van der Waals surface area contributed by atoms with Gasteiger partial charge in [-0.2, -0.15) is 5.10 Å². The van der Waals surface area contributed by atoms with Gasteiger partial charge in [0.05, 0.1) is 6.20 Å². The molecule has 4 nitrogen and oxygen atoms in total. The number of nitrogen functional groups attached to an aromatic ring is 1. The van der Waals surface area contributed by atoms with Crippen molar-refractivity contribution in [2.24, 2.45) is 7.05 Å². The zero-order valence-electron chi connectivity index (χ0n) is 9.46. The third-order valence-corrected chi connectivity index (χ3v) is 2.80. The molecule has 2 aromatic heterocycles. The molecule has 1 aromatic carbocycles. The Balaban J connectivity index is 2.32. The summed E-state index contributed by atoms with van der Waals surface area (Å²) in [4.78, 5) is 4.10. The minimum Gasteiger partial charge on any atom is -0.384 e. The number of pyridine rings is 1. The minimum atomic E-state index is 0.536. The van der Waals surface area contributed by atoms with Crippen LogP contribution in [0.2, 0.25) is 0 Å². The van der Waals surface area contributed by atoms with Gasteiger partial charge in [-0.05, 0) is 17.0 Å². The first kappa shape index (κ1) is 9.84. The van der Waals surface area contributed by atoms with E-state index in [1.54, 1.807) is 10.9 Å². The average molecular weight is 224 g/mol. The number of benzene rings is 1.